The first-order valence-electron chi connectivity index (χ1n) is 5.99. The van der Waals surface area contributed by atoms with Crippen LogP contribution in [0.2, 0.25) is 0 Å². The molecule has 0 aliphatic heterocycles. The normalized spacial score (nSPS) is 10.5. The van der Waals surface area contributed by atoms with Crippen molar-refractivity contribution in [3.63, 3.8) is 0 Å². The van der Waals surface area contributed by atoms with Crippen LogP contribution in [0.3, 0.4) is 0 Å². The van der Waals surface area contributed by atoms with E-state index >= 15 is 0 Å². The van der Waals surface area contributed by atoms with Gasteiger partial charge in [-0.3, -0.25) is 9.38 Å². The first kappa shape index (κ1) is 11.4. The third-order valence-electron chi connectivity index (χ3n) is 3.10. The monoisotopic (exact) mass is 247 g/mol. The van der Waals surface area contributed by atoms with Crippen molar-refractivity contribution in [1.29, 1.82) is 0 Å². The van der Waals surface area contributed by atoms with Gasteiger partial charge in [-0.15, -0.1) is 0 Å². The number of allylic oxidation sites excluding steroid dienone is 2. The first-order chi connectivity index (χ1) is 9.29. The van der Waals surface area contributed by atoms with E-state index in [1.807, 2.05) is 28.9 Å². The number of pyridine rings is 2. The number of rotatable bonds is 3. The molecule has 92 valence electrons. The number of hydrogen-bond acceptors (Lipinski definition) is 2. The Morgan fingerprint density at radius 2 is 1.95 bits per heavy atom. The van der Waals surface area contributed by atoms with Crippen LogP contribution in [0.25, 0.3) is 22.3 Å². The van der Waals surface area contributed by atoms with Crippen LogP contribution in [0.1, 0.15) is 5.69 Å². The Bertz CT molecular complexity index is 754. The highest BCUT2D eigenvalue weighted by Gasteiger charge is 2.06. The first-order valence-corrected chi connectivity index (χ1v) is 5.99. The minimum atomic E-state index is 0.865. The van der Waals surface area contributed by atoms with Crippen LogP contribution in [0.4, 0.5) is 0 Å². The summed E-state index contributed by atoms with van der Waals surface area (Å²) in [6.07, 6.45) is 9.13. The van der Waals surface area contributed by atoms with Gasteiger partial charge in [0, 0.05) is 18.6 Å². The SMILES string of the molecule is C=CC(=C)c1cnc2cc(-c3ccncc3)ccn12. The molecule has 0 saturated carbocycles. The smallest absolute Gasteiger partial charge is 0.137 e. The molecule has 0 saturated heterocycles. The quantitative estimate of drug-likeness (QED) is 0.662. The molecular formula is C16H13N3. The maximum atomic E-state index is 4.41. The van der Waals surface area contributed by atoms with Gasteiger partial charge in [0.15, 0.2) is 0 Å². The molecule has 0 spiro atoms. The molecule has 0 unspecified atom stereocenters. The number of hydrogen-bond donors (Lipinski definition) is 0. The second-order valence-corrected chi connectivity index (χ2v) is 4.25. The van der Waals surface area contributed by atoms with E-state index in [1.54, 1.807) is 18.5 Å². The number of imidazole rings is 1. The Kier molecular flexibility index (Phi) is 2.72. The van der Waals surface area contributed by atoms with E-state index in [9.17, 15) is 0 Å². The molecule has 0 aliphatic carbocycles. The number of aromatic nitrogens is 3. The predicted molar refractivity (Wildman–Crippen MR) is 77.7 cm³/mol. The van der Waals surface area contributed by atoms with E-state index in [-0.39, 0.29) is 0 Å². The van der Waals surface area contributed by atoms with Crippen LogP contribution < -0.4 is 0 Å². The zero-order valence-corrected chi connectivity index (χ0v) is 10.5. The largest absolute Gasteiger partial charge is 0.300 e. The van der Waals surface area contributed by atoms with E-state index in [1.165, 1.54) is 0 Å². The highest BCUT2D eigenvalue weighted by atomic mass is 15.0. The minimum absolute atomic E-state index is 0.865. The van der Waals surface area contributed by atoms with E-state index in [0.717, 1.165) is 28.0 Å². The highest BCUT2D eigenvalue weighted by molar-refractivity contribution is 5.73. The highest BCUT2D eigenvalue weighted by Crippen LogP contribution is 2.22. The fraction of sp³-hybridized carbons (Fsp3) is 0. The Labute approximate surface area is 111 Å². The van der Waals surface area contributed by atoms with Gasteiger partial charge in [-0.1, -0.05) is 19.2 Å². The van der Waals surface area contributed by atoms with Gasteiger partial charge >= 0.3 is 0 Å². The molecule has 0 aromatic carbocycles. The summed E-state index contributed by atoms with van der Waals surface area (Å²) in [4.78, 5) is 8.44. The van der Waals surface area contributed by atoms with Crippen molar-refractivity contribution < 1.29 is 0 Å². The molecule has 3 heteroatoms. The summed E-state index contributed by atoms with van der Waals surface area (Å²) >= 11 is 0. The lowest BCUT2D eigenvalue weighted by Crippen LogP contribution is -1.90. The van der Waals surface area contributed by atoms with Gasteiger partial charge in [-0.2, -0.15) is 0 Å². The van der Waals surface area contributed by atoms with Crippen LogP contribution >= 0.6 is 0 Å². The maximum absolute atomic E-state index is 4.41. The van der Waals surface area contributed by atoms with Crippen molar-refractivity contribution in [3.05, 3.63) is 74.0 Å². The summed E-state index contributed by atoms with van der Waals surface area (Å²) in [6, 6.07) is 8.08. The third-order valence-corrected chi connectivity index (χ3v) is 3.10. The Hall–Kier alpha value is -2.68. The van der Waals surface area contributed by atoms with Gasteiger partial charge in [0.2, 0.25) is 0 Å². The van der Waals surface area contributed by atoms with Crippen molar-refractivity contribution in [1.82, 2.24) is 14.4 Å². The number of nitrogens with zero attached hydrogens (tertiary/aromatic N) is 3. The lowest BCUT2D eigenvalue weighted by molar-refractivity contribution is 1.16. The molecule has 3 aromatic rings. The molecule has 3 nitrogen and oxygen atoms in total. The summed E-state index contributed by atoms with van der Waals surface area (Å²) in [5.74, 6) is 0. The Balaban J connectivity index is 2.13. The van der Waals surface area contributed by atoms with E-state index in [4.69, 9.17) is 0 Å². The van der Waals surface area contributed by atoms with Gasteiger partial charge in [-0.25, -0.2) is 4.98 Å². The van der Waals surface area contributed by atoms with Gasteiger partial charge in [0.25, 0.3) is 0 Å². The summed E-state index contributed by atoms with van der Waals surface area (Å²) in [7, 11) is 0. The van der Waals surface area contributed by atoms with Gasteiger partial charge in [0.05, 0.1) is 11.9 Å². The minimum Gasteiger partial charge on any atom is -0.300 e. The predicted octanol–water partition coefficient (Wildman–Crippen LogP) is 3.60. The molecule has 0 bridgehead atoms. The Morgan fingerprint density at radius 3 is 2.68 bits per heavy atom. The lowest BCUT2D eigenvalue weighted by atomic mass is 10.1. The molecule has 19 heavy (non-hydrogen) atoms. The standard InChI is InChI=1S/C16H13N3/c1-3-12(2)15-11-18-16-10-14(6-9-19(15)16)13-4-7-17-8-5-13/h3-11H,1-2H2. The molecule has 3 heterocycles. The molecule has 0 radical (unpaired) electrons. The number of fused-ring (bicyclic) bond motifs is 1. The average Bonchev–Trinajstić information content (AvgIpc) is 2.90. The van der Waals surface area contributed by atoms with Crippen LogP contribution in [-0.4, -0.2) is 14.4 Å². The second kappa shape index (κ2) is 4.53. The van der Waals surface area contributed by atoms with Crippen molar-refractivity contribution in [3.8, 4) is 11.1 Å². The lowest BCUT2D eigenvalue weighted by Gasteiger charge is -2.04. The summed E-state index contributed by atoms with van der Waals surface area (Å²) in [5.41, 5.74) is 4.98. The second-order valence-electron chi connectivity index (χ2n) is 4.25. The average molecular weight is 247 g/mol. The van der Waals surface area contributed by atoms with E-state index in [0.29, 0.717) is 0 Å². The van der Waals surface area contributed by atoms with Gasteiger partial charge in [-0.05, 0) is 41.0 Å². The molecule has 0 aliphatic rings. The third kappa shape index (κ3) is 1.95. The summed E-state index contributed by atoms with van der Waals surface area (Å²) < 4.78 is 2.01. The maximum Gasteiger partial charge on any atom is 0.137 e. The molecule has 0 atom stereocenters. The summed E-state index contributed by atoms with van der Waals surface area (Å²) in [6.45, 7) is 7.70. The fourth-order valence-electron chi connectivity index (χ4n) is 2.05. The van der Waals surface area contributed by atoms with E-state index < -0.39 is 0 Å². The van der Waals surface area contributed by atoms with Crippen LogP contribution in [0.15, 0.2) is 68.3 Å². The van der Waals surface area contributed by atoms with Crippen molar-refractivity contribution in [2.24, 2.45) is 0 Å². The Morgan fingerprint density at radius 1 is 1.16 bits per heavy atom. The fourth-order valence-corrected chi connectivity index (χ4v) is 2.05. The van der Waals surface area contributed by atoms with Crippen molar-refractivity contribution in [2.45, 2.75) is 0 Å². The van der Waals surface area contributed by atoms with Gasteiger partial charge < -0.3 is 0 Å². The topological polar surface area (TPSA) is 30.2 Å². The molecule has 0 fully saturated rings. The van der Waals surface area contributed by atoms with Crippen LogP contribution in [0.5, 0.6) is 0 Å². The van der Waals surface area contributed by atoms with Crippen LogP contribution in [-0.2, 0) is 0 Å². The summed E-state index contributed by atoms with van der Waals surface area (Å²) in [5, 5.41) is 0. The molecule has 0 amide bonds. The molecule has 3 rings (SSSR count). The van der Waals surface area contributed by atoms with Crippen LogP contribution in [0, 0.1) is 0 Å². The zero-order chi connectivity index (χ0) is 13.2. The van der Waals surface area contributed by atoms with E-state index in [2.05, 4.69) is 35.3 Å². The molecular weight excluding hydrogens is 234 g/mol. The van der Waals surface area contributed by atoms with Gasteiger partial charge in [0.1, 0.15) is 5.65 Å². The molecule has 0 N–H and O–H groups in total. The van der Waals surface area contributed by atoms with Crippen molar-refractivity contribution >= 4 is 11.2 Å². The molecule has 3 aromatic heterocycles. The van der Waals surface area contributed by atoms with Crippen molar-refractivity contribution in [2.75, 3.05) is 0 Å². The zero-order valence-electron chi connectivity index (χ0n) is 10.5.